The second-order valence-electron chi connectivity index (χ2n) is 6.15. The lowest BCUT2D eigenvalue weighted by atomic mass is 9.80. The van der Waals surface area contributed by atoms with Gasteiger partial charge in [-0.3, -0.25) is 0 Å². The quantitative estimate of drug-likeness (QED) is 0.693. The molecule has 2 heteroatoms. The number of nitriles is 1. The van der Waals surface area contributed by atoms with E-state index in [0.717, 1.165) is 35.8 Å². The lowest BCUT2D eigenvalue weighted by Crippen LogP contribution is -2.13. The normalized spacial score (nSPS) is 22.0. The van der Waals surface area contributed by atoms with Crippen molar-refractivity contribution in [3.8, 4) is 6.07 Å². The molecule has 0 amide bonds. The Morgan fingerprint density at radius 3 is 2.60 bits per heavy atom. The fraction of sp³-hybridized carbons (Fsp3) is 0.556. The van der Waals surface area contributed by atoms with Crippen LogP contribution in [0.1, 0.15) is 55.7 Å². The third-order valence-electron chi connectivity index (χ3n) is 4.65. The second-order valence-corrected chi connectivity index (χ2v) is 6.15. The largest absolute Gasteiger partial charge is 0.236 e. The summed E-state index contributed by atoms with van der Waals surface area (Å²) < 4.78 is 0. The SMILES string of the molecule is [C-]#[N+]c1c(CCC2CCC(C)CC2)ccc(C)c1C#N. The maximum Gasteiger partial charge on any atom is 0.208 e. The topological polar surface area (TPSA) is 28.1 Å². The summed E-state index contributed by atoms with van der Waals surface area (Å²) in [5.41, 5.74) is 3.11. The van der Waals surface area contributed by atoms with Crippen molar-refractivity contribution in [1.82, 2.24) is 0 Å². The van der Waals surface area contributed by atoms with Gasteiger partial charge in [0.25, 0.3) is 0 Å². The summed E-state index contributed by atoms with van der Waals surface area (Å²) in [6.07, 6.45) is 7.43. The summed E-state index contributed by atoms with van der Waals surface area (Å²) in [6.45, 7) is 11.6. The van der Waals surface area contributed by atoms with Crippen LogP contribution in [0.15, 0.2) is 12.1 Å². The first-order valence-electron chi connectivity index (χ1n) is 7.55. The number of rotatable bonds is 3. The van der Waals surface area contributed by atoms with Crippen molar-refractivity contribution < 1.29 is 0 Å². The minimum atomic E-state index is 0.565. The van der Waals surface area contributed by atoms with E-state index in [1.807, 2.05) is 19.1 Å². The third-order valence-corrected chi connectivity index (χ3v) is 4.65. The van der Waals surface area contributed by atoms with Crippen molar-refractivity contribution in [2.45, 2.75) is 52.4 Å². The number of benzene rings is 1. The summed E-state index contributed by atoms with van der Waals surface area (Å²) in [6, 6.07) is 6.20. The van der Waals surface area contributed by atoms with Gasteiger partial charge >= 0.3 is 0 Å². The lowest BCUT2D eigenvalue weighted by molar-refractivity contribution is 0.278. The van der Waals surface area contributed by atoms with Gasteiger partial charge in [0.2, 0.25) is 5.69 Å². The van der Waals surface area contributed by atoms with E-state index in [1.54, 1.807) is 0 Å². The molecule has 0 unspecified atom stereocenters. The molecule has 2 nitrogen and oxygen atoms in total. The zero-order chi connectivity index (χ0) is 14.5. The fourth-order valence-corrected chi connectivity index (χ4v) is 3.18. The first-order valence-corrected chi connectivity index (χ1v) is 7.55. The predicted octanol–water partition coefficient (Wildman–Crippen LogP) is 5.18. The van der Waals surface area contributed by atoms with Crippen molar-refractivity contribution in [1.29, 1.82) is 5.26 Å². The van der Waals surface area contributed by atoms with E-state index >= 15 is 0 Å². The average molecular weight is 266 g/mol. The Hall–Kier alpha value is -1.80. The first kappa shape index (κ1) is 14.6. The molecule has 0 N–H and O–H groups in total. The van der Waals surface area contributed by atoms with Crippen molar-refractivity contribution in [3.05, 3.63) is 40.2 Å². The van der Waals surface area contributed by atoms with Crippen LogP contribution in [0.2, 0.25) is 0 Å². The Balaban J connectivity index is 2.07. The predicted molar refractivity (Wildman–Crippen MR) is 81.6 cm³/mol. The summed E-state index contributed by atoms with van der Waals surface area (Å²) in [5.74, 6) is 1.69. The lowest BCUT2D eigenvalue weighted by Gasteiger charge is -2.26. The van der Waals surface area contributed by atoms with Crippen molar-refractivity contribution in [2.75, 3.05) is 0 Å². The second kappa shape index (κ2) is 6.58. The molecule has 0 saturated heterocycles. The maximum absolute atomic E-state index is 9.21. The van der Waals surface area contributed by atoms with E-state index in [2.05, 4.69) is 17.8 Å². The fourth-order valence-electron chi connectivity index (χ4n) is 3.18. The molecule has 0 bridgehead atoms. The molecular weight excluding hydrogens is 244 g/mol. The molecule has 1 saturated carbocycles. The van der Waals surface area contributed by atoms with E-state index in [9.17, 15) is 5.26 Å². The molecule has 1 fully saturated rings. The molecule has 1 aliphatic carbocycles. The molecule has 1 aliphatic rings. The number of hydrogen-bond acceptors (Lipinski definition) is 1. The average Bonchev–Trinajstić information content (AvgIpc) is 2.47. The van der Waals surface area contributed by atoms with Gasteiger partial charge in [-0.25, -0.2) is 4.85 Å². The maximum atomic E-state index is 9.21. The van der Waals surface area contributed by atoms with Crippen LogP contribution >= 0.6 is 0 Å². The van der Waals surface area contributed by atoms with E-state index in [-0.39, 0.29) is 0 Å². The van der Waals surface area contributed by atoms with Gasteiger partial charge in [-0.05, 0) is 42.7 Å². The van der Waals surface area contributed by atoms with Gasteiger partial charge < -0.3 is 0 Å². The monoisotopic (exact) mass is 266 g/mol. The van der Waals surface area contributed by atoms with E-state index in [0.29, 0.717) is 11.3 Å². The van der Waals surface area contributed by atoms with Gasteiger partial charge in [0, 0.05) is 0 Å². The third kappa shape index (κ3) is 3.20. The molecular formula is C18H22N2. The first-order chi connectivity index (χ1) is 9.65. The molecule has 0 radical (unpaired) electrons. The Kier molecular flexibility index (Phi) is 4.80. The summed E-state index contributed by atoms with van der Waals surface area (Å²) in [4.78, 5) is 3.61. The van der Waals surface area contributed by atoms with Crippen LogP contribution in [0, 0.1) is 36.7 Å². The van der Waals surface area contributed by atoms with Crippen LogP contribution in [-0.2, 0) is 6.42 Å². The van der Waals surface area contributed by atoms with Crippen molar-refractivity contribution >= 4 is 5.69 Å². The Bertz CT molecular complexity index is 552. The van der Waals surface area contributed by atoms with Crippen molar-refractivity contribution in [3.63, 3.8) is 0 Å². The van der Waals surface area contributed by atoms with E-state index < -0.39 is 0 Å². The van der Waals surface area contributed by atoms with Gasteiger partial charge in [0.1, 0.15) is 0 Å². The van der Waals surface area contributed by atoms with Crippen LogP contribution in [0.4, 0.5) is 5.69 Å². The standard InChI is InChI=1S/C18H22N2/c1-13-4-7-15(8-5-13)9-11-16-10-6-14(2)17(12-19)18(16)20-3/h6,10,13,15H,4-5,7-9,11H2,1-2H3. The number of aryl methyl sites for hydroxylation is 2. The molecule has 20 heavy (non-hydrogen) atoms. The van der Waals surface area contributed by atoms with Gasteiger partial charge in [-0.1, -0.05) is 44.7 Å². The molecule has 2 rings (SSSR count). The molecule has 1 aromatic rings. The van der Waals surface area contributed by atoms with Gasteiger partial charge in [-0.15, -0.1) is 0 Å². The molecule has 1 aromatic carbocycles. The molecule has 0 spiro atoms. The van der Waals surface area contributed by atoms with Gasteiger partial charge in [0.05, 0.1) is 18.2 Å². The highest BCUT2D eigenvalue weighted by Crippen LogP contribution is 2.33. The van der Waals surface area contributed by atoms with Crippen LogP contribution in [0.5, 0.6) is 0 Å². The van der Waals surface area contributed by atoms with Crippen LogP contribution in [0.25, 0.3) is 4.85 Å². The van der Waals surface area contributed by atoms with E-state index in [1.165, 1.54) is 25.7 Å². The highest BCUT2D eigenvalue weighted by Gasteiger charge is 2.19. The Labute approximate surface area is 122 Å². The molecule has 0 aromatic heterocycles. The molecule has 0 aliphatic heterocycles. The zero-order valence-corrected chi connectivity index (χ0v) is 12.4. The van der Waals surface area contributed by atoms with Crippen LogP contribution in [-0.4, -0.2) is 0 Å². The van der Waals surface area contributed by atoms with Gasteiger partial charge in [-0.2, -0.15) is 5.26 Å². The minimum absolute atomic E-state index is 0.565. The Morgan fingerprint density at radius 2 is 2.00 bits per heavy atom. The molecule has 0 heterocycles. The highest BCUT2D eigenvalue weighted by atomic mass is 14.7. The number of nitrogens with zero attached hydrogens (tertiary/aromatic N) is 2. The zero-order valence-electron chi connectivity index (χ0n) is 12.4. The van der Waals surface area contributed by atoms with Crippen LogP contribution in [0.3, 0.4) is 0 Å². The minimum Gasteiger partial charge on any atom is -0.236 e. The van der Waals surface area contributed by atoms with Crippen LogP contribution < -0.4 is 0 Å². The Morgan fingerprint density at radius 1 is 1.30 bits per heavy atom. The summed E-state index contributed by atoms with van der Waals surface area (Å²) in [7, 11) is 0. The molecule has 104 valence electrons. The highest BCUT2D eigenvalue weighted by molar-refractivity contribution is 5.66. The van der Waals surface area contributed by atoms with Gasteiger partial charge in [0.15, 0.2) is 0 Å². The summed E-state index contributed by atoms with van der Waals surface area (Å²) in [5, 5.41) is 9.21. The summed E-state index contributed by atoms with van der Waals surface area (Å²) >= 11 is 0. The van der Waals surface area contributed by atoms with Crippen molar-refractivity contribution in [2.24, 2.45) is 11.8 Å². The smallest absolute Gasteiger partial charge is 0.208 e. The number of hydrogen-bond donors (Lipinski definition) is 0. The van der Waals surface area contributed by atoms with E-state index in [4.69, 9.17) is 6.57 Å². The molecule has 0 atom stereocenters.